The molecule has 0 bridgehead atoms. The number of hydrogen-bond donors (Lipinski definition) is 2. The summed E-state index contributed by atoms with van der Waals surface area (Å²) in [4.78, 5) is 52.9. The van der Waals surface area contributed by atoms with Crippen molar-refractivity contribution < 1.29 is 18.8 Å². The van der Waals surface area contributed by atoms with E-state index in [4.69, 9.17) is 16.0 Å². The number of pyridine rings is 2. The molecule has 11 heteroatoms. The van der Waals surface area contributed by atoms with Crippen molar-refractivity contribution in [1.29, 1.82) is 0 Å². The smallest absolute Gasteiger partial charge is 0.294 e. The zero-order chi connectivity index (χ0) is 27.6. The van der Waals surface area contributed by atoms with E-state index in [2.05, 4.69) is 25.5 Å². The van der Waals surface area contributed by atoms with Crippen LogP contribution in [0.5, 0.6) is 0 Å². The highest BCUT2D eigenvalue weighted by molar-refractivity contribution is 6.30. The number of nitrogens with zero attached hydrogens (tertiary/aromatic N) is 4. The van der Waals surface area contributed by atoms with Gasteiger partial charge in [0.15, 0.2) is 5.58 Å². The van der Waals surface area contributed by atoms with Crippen LogP contribution >= 0.6 is 11.6 Å². The van der Waals surface area contributed by atoms with Gasteiger partial charge in [-0.2, -0.15) is 0 Å². The second-order valence-electron chi connectivity index (χ2n) is 10.9. The molecule has 3 aliphatic rings. The lowest BCUT2D eigenvalue weighted by Crippen LogP contribution is -2.38. The maximum atomic E-state index is 13.5. The van der Waals surface area contributed by atoms with Crippen molar-refractivity contribution >= 4 is 51.9 Å². The number of aromatic nitrogens is 2. The monoisotopic (exact) mass is 564 g/mol. The molecular formula is C29H33ClN6O4. The lowest BCUT2D eigenvalue weighted by atomic mass is 9.85. The summed E-state index contributed by atoms with van der Waals surface area (Å²) >= 11 is 5.93. The van der Waals surface area contributed by atoms with Crippen molar-refractivity contribution in [2.45, 2.75) is 57.4 Å². The van der Waals surface area contributed by atoms with Gasteiger partial charge in [-0.25, -0.2) is 9.97 Å². The van der Waals surface area contributed by atoms with E-state index in [0.717, 1.165) is 51.6 Å². The summed E-state index contributed by atoms with van der Waals surface area (Å²) in [6.45, 7) is 3.67. The normalized spacial score (nSPS) is 21.6. The minimum Gasteiger partial charge on any atom is -0.447 e. The molecule has 0 unspecified atom stereocenters. The van der Waals surface area contributed by atoms with Crippen LogP contribution in [-0.4, -0.2) is 69.7 Å². The second-order valence-corrected chi connectivity index (χ2v) is 11.3. The van der Waals surface area contributed by atoms with Crippen LogP contribution in [0.15, 0.2) is 34.9 Å². The third kappa shape index (κ3) is 5.55. The molecule has 3 aromatic heterocycles. The molecule has 3 fully saturated rings. The second kappa shape index (κ2) is 11.5. The molecule has 2 saturated heterocycles. The maximum Gasteiger partial charge on any atom is 0.294 e. The summed E-state index contributed by atoms with van der Waals surface area (Å²) < 4.78 is 5.92. The largest absolute Gasteiger partial charge is 0.447 e. The van der Waals surface area contributed by atoms with Gasteiger partial charge in [-0.05, 0) is 88.7 Å². The highest BCUT2D eigenvalue weighted by Crippen LogP contribution is 2.34. The quantitative estimate of drug-likeness (QED) is 0.434. The number of hydrogen-bond acceptors (Lipinski definition) is 7. The van der Waals surface area contributed by atoms with E-state index in [-0.39, 0.29) is 46.2 Å². The number of amides is 3. The highest BCUT2D eigenvalue weighted by Gasteiger charge is 2.33. The van der Waals surface area contributed by atoms with Crippen LogP contribution in [0.4, 0.5) is 11.5 Å². The van der Waals surface area contributed by atoms with Gasteiger partial charge in [0.25, 0.3) is 11.8 Å². The van der Waals surface area contributed by atoms with Gasteiger partial charge < -0.3 is 24.9 Å². The molecule has 0 aromatic carbocycles. The van der Waals surface area contributed by atoms with Gasteiger partial charge in [0.2, 0.25) is 11.7 Å². The molecule has 210 valence electrons. The first kappa shape index (κ1) is 26.7. The summed E-state index contributed by atoms with van der Waals surface area (Å²) in [5.41, 5.74) is 1.01. The van der Waals surface area contributed by atoms with Crippen molar-refractivity contribution in [3.63, 3.8) is 0 Å². The van der Waals surface area contributed by atoms with Crippen LogP contribution in [0.25, 0.3) is 11.1 Å². The van der Waals surface area contributed by atoms with Crippen LogP contribution in [-0.2, 0) is 4.79 Å². The van der Waals surface area contributed by atoms with E-state index in [1.54, 1.807) is 29.2 Å². The minimum absolute atomic E-state index is 0.0934. The number of anilines is 2. The number of carbonyl (C=O) groups excluding carboxylic acids is 3. The molecule has 0 radical (unpaired) electrons. The average Bonchev–Trinajstić information content (AvgIpc) is 3.76. The van der Waals surface area contributed by atoms with E-state index >= 15 is 0 Å². The first-order valence-corrected chi connectivity index (χ1v) is 14.5. The predicted molar refractivity (Wildman–Crippen MR) is 152 cm³/mol. The molecule has 1 saturated carbocycles. The van der Waals surface area contributed by atoms with Crippen molar-refractivity contribution in [1.82, 2.24) is 19.8 Å². The maximum absolute atomic E-state index is 13.5. The van der Waals surface area contributed by atoms with Gasteiger partial charge in [0.1, 0.15) is 22.7 Å². The lowest BCUT2D eigenvalue weighted by Gasteiger charge is -2.33. The number of nitrogens with one attached hydrogen (secondary N) is 2. The lowest BCUT2D eigenvalue weighted by molar-refractivity contribution is -0.121. The van der Waals surface area contributed by atoms with Crippen molar-refractivity contribution in [2.24, 2.45) is 5.92 Å². The van der Waals surface area contributed by atoms with Crippen molar-refractivity contribution in [2.75, 3.05) is 36.8 Å². The van der Waals surface area contributed by atoms with E-state index in [0.29, 0.717) is 29.7 Å². The number of furan rings is 1. The molecule has 6 rings (SSSR count). The Hall–Kier alpha value is -3.50. The Kier molecular flexibility index (Phi) is 7.71. The minimum atomic E-state index is -0.590. The van der Waals surface area contributed by atoms with Gasteiger partial charge in [-0.15, -0.1) is 0 Å². The number of fused-ring (bicyclic) bond motifs is 1. The molecule has 5 heterocycles. The van der Waals surface area contributed by atoms with Gasteiger partial charge >= 0.3 is 0 Å². The Balaban J connectivity index is 1.27. The zero-order valence-corrected chi connectivity index (χ0v) is 23.1. The topological polar surface area (TPSA) is 121 Å². The molecule has 10 nitrogen and oxygen atoms in total. The van der Waals surface area contributed by atoms with E-state index in [9.17, 15) is 14.4 Å². The van der Waals surface area contributed by atoms with Crippen LogP contribution in [0.1, 0.15) is 72.4 Å². The van der Waals surface area contributed by atoms with E-state index in [1.165, 1.54) is 19.0 Å². The SMILES string of the molecule is O=C(Nc1ccc(Cl)cn1)c1oc2ccc(C(=O)N3CCCC3)nc2c1NC(=O)[C@H]1CC[C@H](N2CCCC2)CC1. The standard InChI is InChI=1S/C29H33ClN6O4/c30-19-7-12-23(31-17-19)33-28(38)26-25(34-27(37)18-5-8-20(9-6-18)35-13-1-2-14-35)24-22(40-26)11-10-21(32-24)29(39)36-15-3-4-16-36/h7,10-12,17-18,20H,1-6,8-9,13-16H2,(H,34,37)(H,31,33,38)/t18-,20-. The fourth-order valence-corrected chi connectivity index (χ4v) is 6.22. The Morgan fingerprint density at radius 2 is 1.62 bits per heavy atom. The first-order valence-electron chi connectivity index (χ1n) is 14.2. The Bertz CT molecular complexity index is 1400. The van der Waals surface area contributed by atoms with Crippen LogP contribution in [0.2, 0.25) is 5.02 Å². The van der Waals surface area contributed by atoms with Gasteiger partial charge in [-0.3, -0.25) is 14.4 Å². The molecule has 0 atom stereocenters. The molecule has 3 aromatic rings. The van der Waals surface area contributed by atoms with Crippen molar-refractivity contribution in [3.05, 3.63) is 46.9 Å². The molecule has 0 spiro atoms. The molecule has 2 aliphatic heterocycles. The molecule has 3 amide bonds. The summed E-state index contributed by atoms with van der Waals surface area (Å²) in [5.74, 6) is -0.913. The molecular weight excluding hydrogens is 532 g/mol. The summed E-state index contributed by atoms with van der Waals surface area (Å²) in [7, 11) is 0. The predicted octanol–water partition coefficient (Wildman–Crippen LogP) is 4.96. The number of carbonyl (C=O) groups is 3. The van der Waals surface area contributed by atoms with E-state index in [1.807, 2.05) is 0 Å². The summed E-state index contributed by atoms with van der Waals surface area (Å²) in [6, 6.07) is 6.95. The molecule has 2 N–H and O–H groups in total. The van der Waals surface area contributed by atoms with Crippen LogP contribution < -0.4 is 10.6 Å². The Morgan fingerprint density at radius 3 is 2.33 bits per heavy atom. The first-order chi connectivity index (χ1) is 19.5. The van der Waals surface area contributed by atoms with Gasteiger partial charge in [0, 0.05) is 31.2 Å². The molecule has 40 heavy (non-hydrogen) atoms. The molecule has 1 aliphatic carbocycles. The number of likely N-dealkylation sites (tertiary alicyclic amines) is 2. The van der Waals surface area contributed by atoms with Crippen LogP contribution in [0, 0.1) is 5.92 Å². The number of halogens is 1. The average molecular weight is 565 g/mol. The number of rotatable bonds is 6. The zero-order valence-electron chi connectivity index (χ0n) is 22.3. The van der Waals surface area contributed by atoms with E-state index < -0.39 is 5.91 Å². The fourth-order valence-electron chi connectivity index (χ4n) is 6.11. The third-order valence-corrected chi connectivity index (χ3v) is 8.52. The summed E-state index contributed by atoms with van der Waals surface area (Å²) in [5, 5.41) is 6.10. The van der Waals surface area contributed by atoms with Crippen LogP contribution in [0.3, 0.4) is 0 Å². The highest BCUT2D eigenvalue weighted by atomic mass is 35.5. The van der Waals surface area contributed by atoms with Gasteiger partial charge in [-0.1, -0.05) is 11.6 Å². The van der Waals surface area contributed by atoms with Crippen molar-refractivity contribution in [3.8, 4) is 0 Å². The Labute approximate surface area is 237 Å². The Morgan fingerprint density at radius 1 is 0.900 bits per heavy atom. The summed E-state index contributed by atoms with van der Waals surface area (Å²) in [6.07, 6.45) is 9.37. The van der Waals surface area contributed by atoms with Gasteiger partial charge in [0.05, 0.1) is 5.02 Å². The third-order valence-electron chi connectivity index (χ3n) is 8.29. The fraction of sp³-hybridized carbons (Fsp3) is 0.483.